The molecule has 6 nitrogen and oxygen atoms in total. The zero-order valence-corrected chi connectivity index (χ0v) is 20.4. The molecular weight excluding hydrogens is 444 g/mol. The SMILES string of the molecule is Cc1cc(OC(C)CCOc2ccc(OC(C)(C)C(=O)O)cc2)cc2occ(-c3ccccc3)c12. The molecule has 4 aromatic rings. The molecule has 4 rings (SSSR count). The largest absolute Gasteiger partial charge is 0.493 e. The number of carboxylic acid groups (broad SMARTS) is 1. The number of aliphatic carboxylic acids is 1. The molecule has 3 aromatic carbocycles. The molecule has 1 aromatic heterocycles. The minimum Gasteiger partial charge on any atom is -0.493 e. The summed E-state index contributed by atoms with van der Waals surface area (Å²) < 4.78 is 23.3. The summed E-state index contributed by atoms with van der Waals surface area (Å²) in [6.45, 7) is 7.56. The molecule has 1 atom stereocenters. The van der Waals surface area contributed by atoms with Gasteiger partial charge in [0.15, 0.2) is 5.60 Å². The first-order valence-electron chi connectivity index (χ1n) is 11.6. The summed E-state index contributed by atoms with van der Waals surface area (Å²) in [6.07, 6.45) is 2.43. The third kappa shape index (κ3) is 5.77. The highest BCUT2D eigenvalue weighted by molar-refractivity contribution is 5.97. The van der Waals surface area contributed by atoms with E-state index in [0.717, 1.165) is 33.4 Å². The van der Waals surface area contributed by atoms with Gasteiger partial charge in [0.2, 0.25) is 0 Å². The molecule has 0 saturated carbocycles. The van der Waals surface area contributed by atoms with Crippen LogP contribution < -0.4 is 14.2 Å². The Kier molecular flexibility index (Phi) is 7.01. The predicted molar refractivity (Wildman–Crippen MR) is 135 cm³/mol. The quantitative estimate of drug-likeness (QED) is 0.270. The van der Waals surface area contributed by atoms with E-state index in [2.05, 4.69) is 19.1 Å². The second-order valence-electron chi connectivity index (χ2n) is 9.08. The highest BCUT2D eigenvalue weighted by Gasteiger charge is 2.29. The molecule has 0 bridgehead atoms. The van der Waals surface area contributed by atoms with Gasteiger partial charge in [0.25, 0.3) is 0 Å². The van der Waals surface area contributed by atoms with E-state index in [9.17, 15) is 9.90 Å². The molecule has 0 aliphatic carbocycles. The van der Waals surface area contributed by atoms with Crippen molar-refractivity contribution in [2.45, 2.75) is 45.8 Å². The summed E-state index contributed by atoms with van der Waals surface area (Å²) >= 11 is 0. The second kappa shape index (κ2) is 10.1. The summed E-state index contributed by atoms with van der Waals surface area (Å²) in [5.74, 6) is 0.892. The van der Waals surface area contributed by atoms with Gasteiger partial charge in [-0.25, -0.2) is 4.79 Å². The van der Waals surface area contributed by atoms with Crippen LogP contribution in [0, 0.1) is 6.92 Å². The van der Waals surface area contributed by atoms with Gasteiger partial charge in [0.05, 0.1) is 19.0 Å². The number of hydrogen-bond donors (Lipinski definition) is 1. The van der Waals surface area contributed by atoms with Crippen molar-refractivity contribution >= 4 is 16.9 Å². The van der Waals surface area contributed by atoms with Crippen molar-refractivity contribution in [2.24, 2.45) is 0 Å². The number of ether oxygens (including phenoxy) is 3. The number of aryl methyl sites for hydroxylation is 1. The standard InChI is InChI=1S/C29H30O6/c1-19-16-24(17-26-27(19)25(18-33-26)21-8-6-5-7-9-21)34-20(2)14-15-32-22-10-12-23(13-11-22)35-29(3,4)28(30)31/h5-13,16-18,20H,14-15H2,1-4H3,(H,30,31). The maximum atomic E-state index is 11.2. The van der Waals surface area contributed by atoms with Crippen molar-refractivity contribution in [1.29, 1.82) is 0 Å². The van der Waals surface area contributed by atoms with Crippen LogP contribution in [0.15, 0.2) is 77.4 Å². The topological polar surface area (TPSA) is 78.1 Å². The Morgan fingerprint density at radius 3 is 2.37 bits per heavy atom. The van der Waals surface area contributed by atoms with Gasteiger partial charge in [-0.3, -0.25) is 0 Å². The number of fused-ring (bicyclic) bond motifs is 1. The fraction of sp³-hybridized carbons (Fsp3) is 0.276. The molecule has 0 fully saturated rings. The lowest BCUT2D eigenvalue weighted by atomic mass is 10.0. The van der Waals surface area contributed by atoms with Crippen molar-refractivity contribution in [2.75, 3.05) is 6.61 Å². The summed E-state index contributed by atoms with van der Waals surface area (Å²) in [5, 5.41) is 10.3. The number of carbonyl (C=O) groups is 1. The van der Waals surface area contributed by atoms with Crippen LogP contribution >= 0.6 is 0 Å². The van der Waals surface area contributed by atoms with Crippen LogP contribution in [0.2, 0.25) is 0 Å². The molecule has 0 saturated heterocycles. The third-order valence-electron chi connectivity index (χ3n) is 5.77. The molecule has 1 unspecified atom stereocenters. The minimum absolute atomic E-state index is 0.0608. The van der Waals surface area contributed by atoms with Crippen LogP contribution in [0.5, 0.6) is 17.2 Å². The smallest absolute Gasteiger partial charge is 0.347 e. The van der Waals surface area contributed by atoms with E-state index in [0.29, 0.717) is 24.5 Å². The van der Waals surface area contributed by atoms with E-state index >= 15 is 0 Å². The number of furan rings is 1. The molecule has 1 N–H and O–H groups in total. The van der Waals surface area contributed by atoms with Crippen LogP contribution in [0.1, 0.15) is 32.8 Å². The van der Waals surface area contributed by atoms with Crippen molar-refractivity contribution in [3.8, 4) is 28.4 Å². The van der Waals surface area contributed by atoms with Crippen LogP contribution in [0.3, 0.4) is 0 Å². The van der Waals surface area contributed by atoms with Gasteiger partial charge in [0, 0.05) is 23.4 Å². The average molecular weight is 475 g/mol. The van der Waals surface area contributed by atoms with Gasteiger partial charge in [-0.2, -0.15) is 0 Å². The third-order valence-corrected chi connectivity index (χ3v) is 5.77. The Balaban J connectivity index is 1.32. The summed E-state index contributed by atoms with van der Waals surface area (Å²) in [5.41, 5.74) is 2.81. The number of hydrogen-bond acceptors (Lipinski definition) is 5. The first-order valence-corrected chi connectivity index (χ1v) is 11.6. The van der Waals surface area contributed by atoms with Crippen LogP contribution in [-0.2, 0) is 4.79 Å². The second-order valence-corrected chi connectivity index (χ2v) is 9.08. The Morgan fingerprint density at radius 2 is 1.69 bits per heavy atom. The normalized spacial score (nSPS) is 12.3. The number of carboxylic acids is 1. The van der Waals surface area contributed by atoms with Gasteiger partial charge < -0.3 is 23.7 Å². The molecule has 0 radical (unpaired) electrons. The summed E-state index contributed by atoms with van der Waals surface area (Å²) in [6, 6.07) is 21.1. The molecule has 6 heteroatoms. The molecule has 1 heterocycles. The Bertz CT molecular complexity index is 1290. The van der Waals surface area contributed by atoms with Crippen molar-refractivity contribution in [1.82, 2.24) is 0 Å². The lowest BCUT2D eigenvalue weighted by molar-refractivity contribution is -0.152. The average Bonchev–Trinajstić information content (AvgIpc) is 3.25. The molecule has 0 amide bonds. The van der Waals surface area contributed by atoms with Gasteiger partial charge in [-0.1, -0.05) is 30.3 Å². The van der Waals surface area contributed by atoms with E-state index in [4.69, 9.17) is 18.6 Å². The lowest BCUT2D eigenvalue weighted by Gasteiger charge is -2.21. The van der Waals surface area contributed by atoms with E-state index in [1.54, 1.807) is 30.5 Å². The van der Waals surface area contributed by atoms with Crippen molar-refractivity contribution in [3.63, 3.8) is 0 Å². The molecule has 0 aliphatic heterocycles. The Morgan fingerprint density at radius 1 is 1.00 bits per heavy atom. The number of rotatable bonds is 10. The van der Waals surface area contributed by atoms with Gasteiger partial charge in [-0.05, 0) is 69.2 Å². The summed E-state index contributed by atoms with van der Waals surface area (Å²) in [7, 11) is 0. The molecular formula is C29H30O6. The van der Waals surface area contributed by atoms with E-state index in [-0.39, 0.29) is 6.10 Å². The fourth-order valence-corrected chi connectivity index (χ4v) is 3.82. The Labute approximate surface area is 205 Å². The van der Waals surface area contributed by atoms with Crippen molar-refractivity contribution < 1.29 is 28.5 Å². The maximum absolute atomic E-state index is 11.2. The molecule has 35 heavy (non-hydrogen) atoms. The zero-order valence-electron chi connectivity index (χ0n) is 20.4. The monoisotopic (exact) mass is 474 g/mol. The highest BCUT2D eigenvalue weighted by atomic mass is 16.5. The summed E-state index contributed by atoms with van der Waals surface area (Å²) in [4.78, 5) is 11.2. The van der Waals surface area contributed by atoms with Crippen LogP contribution in [-0.4, -0.2) is 29.4 Å². The zero-order chi connectivity index (χ0) is 25.0. The van der Waals surface area contributed by atoms with Gasteiger partial charge in [0.1, 0.15) is 22.8 Å². The van der Waals surface area contributed by atoms with E-state index in [1.165, 1.54) is 13.8 Å². The lowest BCUT2D eigenvalue weighted by Crippen LogP contribution is -2.37. The van der Waals surface area contributed by atoms with Crippen molar-refractivity contribution in [3.05, 3.63) is 78.6 Å². The molecule has 0 spiro atoms. The molecule has 0 aliphatic rings. The minimum atomic E-state index is -1.30. The van der Waals surface area contributed by atoms with Crippen LogP contribution in [0.4, 0.5) is 0 Å². The molecule has 182 valence electrons. The number of benzene rings is 3. The maximum Gasteiger partial charge on any atom is 0.347 e. The predicted octanol–water partition coefficient (Wildman–Crippen LogP) is 6.89. The fourth-order valence-electron chi connectivity index (χ4n) is 3.82. The first kappa shape index (κ1) is 24.2. The van der Waals surface area contributed by atoms with Crippen LogP contribution in [0.25, 0.3) is 22.1 Å². The van der Waals surface area contributed by atoms with Gasteiger partial charge in [-0.15, -0.1) is 0 Å². The van der Waals surface area contributed by atoms with E-state index < -0.39 is 11.6 Å². The van der Waals surface area contributed by atoms with E-state index in [1.807, 2.05) is 37.3 Å². The Hall–Kier alpha value is -3.93. The first-order chi connectivity index (χ1) is 16.7. The highest BCUT2D eigenvalue weighted by Crippen LogP contribution is 2.35. The van der Waals surface area contributed by atoms with Gasteiger partial charge >= 0.3 is 5.97 Å².